The third-order valence-corrected chi connectivity index (χ3v) is 5.65. The van der Waals surface area contributed by atoms with Crippen molar-refractivity contribution in [1.82, 2.24) is 15.1 Å². The zero-order valence-electron chi connectivity index (χ0n) is 12.6. The van der Waals surface area contributed by atoms with E-state index in [9.17, 15) is 14.4 Å². The predicted octanol–water partition coefficient (Wildman–Crippen LogP) is 0.982. The van der Waals surface area contributed by atoms with Crippen molar-refractivity contribution in [3.05, 3.63) is 17.2 Å². The monoisotopic (exact) mass is 332 g/mol. The molecule has 0 spiro atoms. The average Bonchev–Trinajstić information content (AvgIpc) is 3.25. The van der Waals surface area contributed by atoms with Gasteiger partial charge < -0.3 is 5.32 Å². The van der Waals surface area contributed by atoms with Crippen LogP contribution in [-0.4, -0.2) is 39.4 Å². The number of rotatable bonds is 4. The summed E-state index contributed by atoms with van der Waals surface area (Å²) in [5.41, 5.74) is 0. The van der Waals surface area contributed by atoms with Gasteiger partial charge in [-0.15, -0.1) is 10.2 Å². The molecule has 23 heavy (non-hydrogen) atoms. The maximum absolute atomic E-state index is 12.5. The van der Waals surface area contributed by atoms with E-state index in [1.165, 1.54) is 16.2 Å². The Morgan fingerprint density at radius 3 is 2.48 bits per heavy atom. The van der Waals surface area contributed by atoms with Crippen LogP contribution in [0.5, 0.6) is 0 Å². The van der Waals surface area contributed by atoms with Crippen LogP contribution in [0.2, 0.25) is 0 Å². The second-order valence-electron chi connectivity index (χ2n) is 6.25. The molecule has 8 heteroatoms. The minimum atomic E-state index is -0.264. The molecule has 0 aromatic carbocycles. The summed E-state index contributed by atoms with van der Waals surface area (Å²) in [6, 6.07) is 0. The molecule has 2 aliphatic carbocycles. The van der Waals surface area contributed by atoms with Gasteiger partial charge in [0.25, 0.3) is 0 Å². The molecule has 120 valence electrons. The van der Waals surface area contributed by atoms with Crippen LogP contribution in [0.15, 0.2) is 12.2 Å². The van der Waals surface area contributed by atoms with E-state index < -0.39 is 0 Å². The van der Waals surface area contributed by atoms with E-state index in [1.807, 2.05) is 0 Å². The van der Waals surface area contributed by atoms with Crippen molar-refractivity contribution in [2.75, 3.05) is 11.9 Å². The summed E-state index contributed by atoms with van der Waals surface area (Å²) in [5.74, 6) is -0.500. The fourth-order valence-electron chi connectivity index (χ4n) is 3.93. The molecule has 0 unspecified atom stereocenters. The Labute approximate surface area is 136 Å². The predicted molar refractivity (Wildman–Crippen MR) is 82.3 cm³/mol. The van der Waals surface area contributed by atoms with E-state index in [0.29, 0.717) is 5.13 Å². The van der Waals surface area contributed by atoms with Crippen LogP contribution in [0.4, 0.5) is 5.13 Å². The number of carbonyl (C=O) groups excluding carboxylic acids is 3. The first-order chi connectivity index (χ1) is 11.0. The Morgan fingerprint density at radius 1 is 1.26 bits per heavy atom. The summed E-state index contributed by atoms with van der Waals surface area (Å²) in [6.07, 6.45) is 5.12. The fraction of sp³-hybridized carbons (Fsp3) is 0.533. The number of amides is 3. The van der Waals surface area contributed by atoms with Crippen molar-refractivity contribution in [3.8, 4) is 0 Å². The van der Waals surface area contributed by atoms with Gasteiger partial charge in [-0.2, -0.15) is 0 Å². The van der Waals surface area contributed by atoms with Crippen LogP contribution < -0.4 is 5.32 Å². The van der Waals surface area contributed by atoms with Crippen molar-refractivity contribution in [1.29, 1.82) is 0 Å². The minimum absolute atomic E-state index is 0.0817. The number of hydrogen-bond acceptors (Lipinski definition) is 6. The fourth-order valence-corrected chi connectivity index (χ4v) is 4.53. The number of carbonyl (C=O) groups is 3. The SMILES string of the molecule is Cc1nnc(NC(=O)CCN2C(=O)[C@@H]3[C@H](C2=O)[C@H]2C=C[C@H]3C2)s1. The van der Waals surface area contributed by atoms with Gasteiger partial charge in [0.15, 0.2) is 0 Å². The quantitative estimate of drug-likeness (QED) is 0.655. The maximum atomic E-state index is 12.5. The number of fused-ring (bicyclic) bond motifs is 5. The Hall–Kier alpha value is -2.09. The second kappa shape index (κ2) is 5.23. The zero-order valence-corrected chi connectivity index (χ0v) is 13.4. The highest BCUT2D eigenvalue weighted by atomic mass is 32.1. The number of aryl methyl sites for hydroxylation is 1. The Kier molecular flexibility index (Phi) is 3.29. The van der Waals surface area contributed by atoms with Crippen LogP contribution in [0, 0.1) is 30.6 Å². The molecular weight excluding hydrogens is 316 g/mol. The number of imide groups is 1. The van der Waals surface area contributed by atoms with Crippen molar-refractivity contribution in [2.45, 2.75) is 19.8 Å². The van der Waals surface area contributed by atoms with E-state index in [-0.39, 0.29) is 54.4 Å². The van der Waals surface area contributed by atoms with Crippen molar-refractivity contribution in [3.63, 3.8) is 0 Å². The molecule has 1 aromatic rings. The van der Waals surface area contributed by atoms with E-state index in [2.05, 4.69) is 27.7 Å². The van der Waals surface area contributed by atoms with Gasteiger partial charge in [0.05, 0.1) is 11.8 Å². The van der Waals surface area contributed by atoms with E-state index in [0.717, 1.165) is 11.4 Å². The molecule has 1 aromatic heterocycles. The van der Waals surface area contributed by atoms with Gasteiger partial charge >= 0.3 is 0 Å². The lowest BCUT2D eigenvalue weighted by Crippen LogP contribution is -2.35. The molecule has 3 amide bonds. The highest BCUT2D eigenvalue weighted by molar-refractivity contribution is 7.15. The first kappa shape index (κ1) is 14.5. The van der Waals surface area contributed by atoms with Crippen LogP contribution in [0.1, 0.15) is 17.8 Å². The normalized spacial score (nSPS) is 31.1. The molecule has 1 saturated heterocycles. The molecule has 2 bridgehead atoms. The third kappa shape index (κ3) is 2.28. The number of allylic oxidation sites excluding steroid dienone is 2. The minimum Gasteiger partial charge on any atom is -0.300 e. The van der Waals surface area contributed by atoms with Crippen LogP contribution in [0.3, 0.4) is 0 Å². The average molecular weight is 332 g/mol. The molecular formula is C15H16N4O3S. The lowest BCUT2D eigenvalue weighted by Gasteiger charge is -2.16. The summed E-state index contributed by atoms with van der Waals surface area (Å²) < 4.78 is 0. The number of anilines is 1. The summed E-state index contributed by atoms with van der Waals surface area (Å²) in [5, 5.41) is 11.5. The van der Waals surface area contributed by atoms with E-state index in [1.54, 1.807) is 6.92 Å². The standard InChI is InChI=1S/C15H16N4O3S/c1-7-17-18-15(23-7)16-10(20)4-5-19-13(21)11-8-2-3-9(6-8)12(11)14(19)22/h2-3,8-9,11-12H,4-6H2,1H3,(H,16,18,20)/t8-,9-,11-,12+/m0/s1. The molecule has 3 aliphatic rings. The van der Waals surface area contributed by atoms with Crippen LogP contribution in [-0.2, 0) is 14.4 Å². The van der Waals surface area contributed by atoms with Gasteiger partial charge in [0.2, 0.25) is 22.9 Å². The Morgan fingerprint density at radius 2 is 1.91 bits per heavy atom. The second-order valence-corrected chi connectivity index (χ2v) is 7.43. The van der Waals surface area contributed by atoms with Gasteiger partial charge in [0.1, 0.15) is 5.01 Å². The molecule has 4 atom stereocenters. The summed E-state index contributed by atoms with van der Waals surface area (Å²) >= 11 is 1.29. The van der Waals surface area contributed by atoms with Crippen LogP contribution in [0.25, 0.3) is 0 Å². The number of nitrogens with zero attached hydrogens (tertiary/aromatic N) is 3. The molecule has 2 heterocycles. The van der Waals surface area contributed by atoms with Gasteiger partial charge in [-0.25, -0.2) is 0 Å². The maximum Gasteiger partial charge on any atom is 0.233 e. The van der Waals surface area contributed by atoms with Crippen molar-refractivity contribution >= 4 is 34.2 Å². The van der Waals surface area contributed by atoms with Crippen molar-refractivity contribution < 1.29 is 14.4 Å². The number of aromatic nitrogens is 2. The summed E-state index contributed by atoms with van der Waals surface area (Å²) in [6.45, 7) is 1.93. The molecule has 0 radical (unpaired) electrons. The molecule has 1 aliphatic heterocycles. The van der Waals surface area contributed by atoms with E-state index in [4.69, 9.17) is 0 Å². The largest absolute Gasteiger partial charge is 0.300 e. The highest BCUT2D eigenvalue weighted by Crippen LogP contribution is 2.52. The summed E-state index contributed by atoms with van der Waals surface area (Å²) in [4.78, 5) is 38.2. The molecule has 4 rings (SSSR count). The lowest BCUT2D eigenvalue weighted by molar-refractivity contribution is -0.140. The Bertz CT molecular complexity index is 698. The van der Waals surface area contributed by atoms with Crippen molar-refractivity contribution in [2.24, 2.45) is 23.7 Å². The van der Waals surface area contributed by atoms with Gasteiger partial charge in [0, 0.05) is 13.0 Å². The molecule has 1 saturated carbocycles. The topological polar surface area (TPSA) is 92.3 Å². The van der Waals surface area contributed by atoms with Crippen LogP contribution >= 0.6 is 11.3 Å². The van der Waals surface area contributed by atoms with E-state index >= 15 is 0 Å². The van der Waals surface area contributed by atoms with Gasteiger partial charge in [-0.3, -0.25) is 19.3 Å². The highest BCUT2D eigenvalue weighted by Gasteiger charge is 2.58. The first-order valence-electron chi connectivity index (χ1n) is 7.68. The van der Waals surface area contributed by atoms with Gasteiger partial charge in [-0.05, 0) is 25.2 Å². The molecule has 1 N–H and O–H groups in total. The third-order valence-electron chi connectivity index (χ3n) is 4.90. The number of likely N-dealkylation sites (tertiary alicyclic amines) is 1. The molecule has 7 nitrogen and oxygen atoms in total. The molecule has 2 fully saturated rings. The summed E-state index contributed by atoms with van der Waals surface area (Å²) in [7, 11) is 0. The number of nitrogens with one attached hydrogen (secondary N) is 1. The lowest BCUT2D eigenvalue weighted by atomic mass is 9.85. The smallest absolute Gasteiger partial charge is 0.233 e. The van der Waals surface area contributed by atoms with Gasteiger partial charge in [-0.1, -0.05) is 23.5 Å². The Balaban J connectivity index is 1.37. The first-order valence-corrected chi connectivity index (χ1v) is 8.50. The number of hydrogen-bond donors (Lipinski definition) is 1. The zero-order chi connectivity index (χ0) is 16.1.